The summed E-state index contributed by atoms with van der Waals surface area (Å²) in [6.07, 6.45) is 0. The first-order chi connectivity index (χ1) is 8.22. The molecule has 1 nitrogen and oxygen atoms in total. The second-order valence-corrected chi connectivity index (χ2v) is 4.48. The predicted octanol–water partition coefficient (Wildman–Crippen LogP) is 4.65. The lowest BCUT2D eigenvalue weighted by Gasteiger charge is -2.11. The van der Waals surface area contributed by atoms with Crippen molar-refractivity contribution in [3.63, 3.8) is 0 Å². The van der Waals surface area contributed by atoms with Gasteiger partial charge in [-0.25, -0.2) is 0 Å². The van der Waals surface area contributed by atoms with Gasteiger partial charge in [-0.15, -0.1) is 0 Å². The van der Waals surface area contributed by atoms with Crippen LogP contribution in [-0.2, 0) is 0 Å². The van der Waals surface area contributed by atoms with Gasteiger partial charge in [0, 0.05) is 10.0 Å². The average molecular weight is 262 g/mol. The molecule has 84 valence electrons. The summed E-state index contributed by atoms with van der Waals surface area (Å²) < 4.78 is 0. The lowest BCUT2D eigenvalue weighted by molar-refractivity contribution is 1.04. The molecular weight excluding hydrogens is 253 g/mol. The van der Waals surface area contributed by atoms with Crippen molar-refractivity contribution in [3.8, 4) is 6.07 Å². The van der Waals surface area contributed by atoms with Crippen molar-refractivity contribution in [2.24, 2.45) is 0 Å². The second-order valence-electron chi connectivity index (χ2n) is 3.64. The van der Waals surface area contributed by atoms with Crippen LogP contribution in [0.1, 0.15) is 17.0 Å². The Balaban J connectivity index is 2.45. The van der Waals surface area contributed by atoms with E-state index in [1.807, 2.05) is 30.3 Å². The average Bonchev–Trinajstić information content (AvgIpc) is 2.35. The molecule has 0 bridgehead atoms. The molecule has 0 aliphatic heterocycles. The van der Waals surface area contributed by atoms with Gasteiger partial charge in [-0.3, -0.25) is 0 Å². The zero-order valence-electron chi connectivity index (χ0n) is 8.90. The molecule has 0 aliphatic carbocycles. The third-order valence-electron chi connectivity index (χ3n) is 2.55. The maximum absolute atomic E-state index is 9.29. The van der Waals surface area contributed by atoms with E-state index in [9.17, 15) is 5.26 Å². The van der Waals surface area contributed by atoms with Crippen molar-refractivity contribution in [1.82, 2.24) is 0 Å². The Labute approximate surface area is 110 Å². The van der Waals surface area contributed by atoms with Crippen LogP contribution in [-0.4, -0.2) is 0 Å². The maximum Gasteiger partial charge on any atom is 0.0977 e. The molecule has 17 heavy (non-hydrogen) atoms. The van der Waals surface area contributed by atoms with E-state index in [2.05, 4.69) is 6.07 Å². The Kier molecular flexibility index (Phi) is 3.68. The summed E-state index contributed by atoms with van der Waals surface area (Å²) in [6, 6.07) is 16.9. The molecule has 3 heteroatoms. The quantitative estimate of drug-likeness (QED) is 0.772. The van der Waals surface area contributed by atoms with E-state index in [4.69, 9.17) is 23.2 Å². The van der Waals surface area contributed by atoms with Gasteiger partial charge in [0.25, 0.3) is 0 Å². The Morgan fingerprint density at radius 2 is 1.59 bits per heavy atom. The number of halogens is 2. The lowest BCUT2D eigenvalue weighted by Crippen LogP contribution is -1.98. The van der Waals surface area contributed by atoms with Gasteiger partial charge < -0.3 is 0 Å². The number of benzene rings is 2. The van der Waals surface area contributed by atoms with Gasteiger partial charge in [-0.1, -0.05) is 53.5 Å². The monoisotopic (exact) mass is 261 g/mol. The van der Waals surface area contributed by atoms with E-state index in [1.54, 1.807) is 18.2 Å². The summed E-state index contributed by atoms with van der Waals surface area (Å²) in [5.41, 5.74) is 1.71. The first kappa shape index (κ1) is 12.0. The summed E-state index contributed by atoms with van der Waals surface area (Å²) in [7, 11) is 0. The van der Waals surface area contributed by atoms with Gasteiger partial charge in [0.15, 0.2) is 0 Å². The van der Waals surface area contributed by atoms with Crippen LogP contribution in [0.3, 0.4) is 0 Å². The van der Waals surface area contributed by atoms with E-state index in [1.165, 1.54) is 0 Å². The molecule has 2 rings (SSSR count). The molecule has 0 fully saturated rings. The molecule has 0 aromatic heterocycles. The van der Waals surface area contributed by atoms with Crippen molar-refractivity contribution in [2.75, 3.05) is 0 Å². The molecule has 0 radical (unpaired) electrons. The predicted molar refractivity (Wildman–Crippen MR) is 70.4 cm³/mol. The smallest absolute Gasteiger partial charge is 0.0977 e. The molecule has 1 atom stereocenters. The van der Waals surface area contributed by atoms with Crippen LogP contribution in [0.2, 0.25) is 10.0 Å². The topological polar surface area (TPSA) is 23.8 Å². The minimum absolute atomic E-state index is 0.360. The molecule has 0 N–H and O–H groups in total. The standard InChI is InChI=1S/C14H9Cl2N/c15-11-7-5-10(6-8-11)13(9-17)12-3-1-2-4-14(12)16/h1-8,13H. The summed E-state index contributed by atoms with van der Waals surface area (Å²) in [5, 5.41) is 10.5. The third kappa shape index (κ3) is 2.61. The van der Waals surface area contributed by atoms with Crippen molar-refractivity contribution in [3.05, 3.63) is 69.7 Å². The Morgan fingerprint density at radius 1 is 0.941 bits per heavy atom. The second kappa shape index (κ2) is 5.23. The highest BCUT2D eigenvalue weighted by Gasteiger charge is 2.15. The van der Waals surface area contributed by atoms with Crippen LogP contribution in [0.25, 0.3) is 0 Å². The Morgan fingerprint density at radius 3 is 2.18 bits per heavy atom. The van der Waals surface area contributed by atoms with E-state index in [-0.39, 0.29) is 5.92 Å². The fraction of sp³-hybridized carbons (Fsp3) is 0.0714. The summed E-state index contributed by atoms with van der Waals surface area (Å²) >= 11 is 11.9. The van der Waals surface area contributed by atoms with Gasteiger partial charge in [0.1, 0.15) is 0 Å². The van der Waals surface area contributed by atoms with Crippen LogP contribution >= 0.6 is 23.2 Å². The highest BCUT2D eigenvalue weighted by Crippen LogP contribution is 2.30. The third-order valence-corrected chi connectivity index (χ3v) is 3.14. The van der Waals surface area contributed by atoms with E-state index >= 15 is 0 Å². The number of nitrogens with zero attached hydrogens (tertiary/aromatic N) is 1. The molecule has 0 aliphatic rings. The van der Waals surface area contributed by atoms with Gasteiger partial charge in [-0.05, 0) is 29.3 Å². The lowest BCUT2D eigenvalue weighted by atomic mass is 9.93. The first-order valence-corrected chi connectivity index (χ1v) is 5.87. The van der Waals surface area contributed by atoms with Crippen molar-refractivity contribution in [1.29, 1.82) is 5.26 Å². The van der Waals surface area contributed by atoms with Crippen LogP contribution in [0, 0.1) is 11.3 Å². The normalized spacial score (nSPS) is 11.8. The number of hydrogen-bond acceptors (Lipinski definition) is 1. The molecule has 0 spiro atoms. The Bertz CT molecular complexity index is 555. The van der Waals surface area contributed by atoms with Gasteiger partial charge >= 0.3 is 0 Å². The highest BCUT2D eigenvalue weighted by molar-refractivity contribution is 6.31. The van der Waals surface area contributed by atoms with E-state index < -0.39 is 0 Å². The number of nitriles is 1. The van der Waals surface area contributed by atoms with Crippen LogP contribution in [0.15, 0.2) is 48.5 Å². The fourth-order valence-electron chi connectivity index (χ4n) is 1.69. The SMILES string of the molecule is N#CC(c1ccc(Cl)cc1)c1ccccc1Cl. The molecule has 0 amide bonds. The van der Waals surface area contributed by atoms with Crippen molar-refractivity contribution >= 4 is 23.2 Å². The number of rotatable bonds is 2. The van der Waals surface area contributed by atoms with Crippen LogP contribution in [0.5, 0.6) is 0 Å². The van der Waals surface area contributed by atoms with Crippen molar-refractivity contribution < 1.29 is 0 Å². The Hall–Kier alpha value is -1.49. The molecular formula is C14H9Cl2N. The fourth-order valence-corrected chi connectivity index (χ4v) is 2.06. The molecule has 2 aromatic rings. The molecule has 0 saturated heterocycles. The van der Waals surface area contributed by atoms with E-state index in [0.29, 0.717) is 10.0 Å². The first-order valence-electron chi connectivity index (χ1n) is 5.12. The molecule has 0 heterocycles. The highest BCUT2D eigenvalue weighted by atomic mass is 35.5. The molecule has 1 unspecified atom stereocenters. The molecule has 0 saturated carbocycles. The van der Waals surface area contributed by atoms with Gasteiger partial charge in [0.2, 0.25) is 0 Å². The number of hydrogen-bond donors (Lipinski definition) is 0. The minimum atomic E-state index is -0.360. The summed E-state index contributed by atoms with van der Waals surface area (Å²) in [4.78, 5) is 0. The minimum Gasteiger partial charge on any atom is -0.197 e. The van der Waals surface area contributed by atoms with Gasteiger partial charge in [-0.2, -0.15) is 5.26 Å². The summed E-state index contributed by atoms with van der Waals surface area (Å²) in [5.74, 6) is -0.360. The maximum atomic E-state index is 9.29. The summed E-state index contributed by atoms with van der Waals surface area (Å²) in [6.45, 7) is 0. The van der Waals surface area contributed by atoms with Crippen LogP contribution in [0.4, 0.5) is 0 Å². The van der Waals surface area contributed by atoms with Crippen molar-refractivity contribution in [2.45, 2.75) is 5.92 Å². The largest absolute Gasteiger partial charge is 0.197 e. The molecule has 2 aromatic carbocycles. The van der Waals surface area contributed by atoms with Crippen LogP contribution < -0.4 is 0 Å². The zero-order chi connectivity index (χ0) is 12.3. The van der Waals surface area contributed by atoms with Gasteiger partial charge in [0.05, 0.1) is 12.0 Å². The zero-order valence-corrected chi connectivity index (χ0v) is 10.4. The van der Waals surface area contributed by atoms with E-state index in [0.717, 1.165) is 11.1 Å².